The van der Waals surface area contributed by atoms with E-state index in [2.05, 4.69) is 41.8 Å². The number of anilines is 5. The molecule has 4 aromatic rings. The first-order chi connectivity index (χ1) is 30.8. The SMILES string of the molecule is COc1cc(N2CCC(N3CCN(C(=O)CCCOc4cccc5c4C(=O)N(C4CCC(=O)NC4=O)C5=O)CC3)CC2)ccc1Nc1ncc(Cl)c(Nc2ccccc2P(C)(C)=O)n1. The van der Waals surface area contributed by atoms with E-state index in [1.54, 1.807) is 32.6 Å². The Morgan fingerprint density at radius 1 is 0.891 bits per heavy atom. The predicted octanol–water partition coefficient (Wildman–Crippen LogP) is 5.25. The Kier molecular flexibility index (Phi) is 13.2. The second-order valence-electron chi connectivity index (χ2n) is 16.6. The third kappa shape index (κ3) is 9.57. The number of carbonyl (C=O) groups is 5. The molecule has 4 aliphatic rings. The van der Waals surface area contributed by atoms with Gasteiger partial charge in [0.25, 0.3) is 11.8 Å². The Labute approximate surface area is 376 Å². The van der Waals surface area contributed by atoms with Gasteiger partial charge < -0.3 is 34.5 Å². The first-order valence-electron chi connectivity index (χ1n) is 21.4. The molecule has 1 aromatic heterocycles. The van der Waals surface area contributed by atoms with E-state index in [1.165, 1.54) is 12.3 Å². The average molecular weight is 912 g/mol. The number of amides is 5. The number of nitrogens with zero attached hydrogens (tertiary/aromatic N) is 6. The summed E-state index contributed by atoms with van der Waals surface area (Å²) in [5.74, 6) is -0.727. The Morgan fingerprint density at radius 3 is 2.39 bits per heavy atom. The predicted molar refractivity (Wildman–Crippen MR) is 243 cm³/mol. The lowest BCUT2D eigenvalue weighted by Crippen LogP contribution is -2.54. The topological polar surface area (TPSA) is 196 Å². The number of nitrogens with one attached hydrogen (secondary N) is 3. The van der Waals surface area contributed by atoms with Crippen molar-refractivity contribution in [1.29, 1.82) is 0 Å². The van der Waals surface area contributed by atoms with Gasteiger partial charge in [-0.25, -0.2) is 4.98 Å². The van der Waals surface area contributed by atoms with E-state index < -0.39 is 36.8 Å². The summed E-state index contributed by atoms with van der Waals surface area (Å²) in [6.45, 7) is 8.24. The Hall–Kier alpha value is -6.03. The van der Waals surface area contributed by atoms with Crippen molar-refractivity contribution in [1.82, 2.24) is 30.0 Å². The number of carbonyl (C=O) groups excluding carboxylic acids is 5. The molecule has 0 aliphatic carbocycles. The van der Waals surface area contributed by atoms with E-state index in [1.807, 2.05) is 41.3 Å². The van der Waals surface area contributed by atoms with Crippen LogP contribution < -0.4 is 35.6 Å². The molecule has 0 radical (unpaired) electrons. The minimum atomic E-state index is -2.57. The molecular weight excluding hydrogens is 861 g/mol. The van der Waals surface area contributed by atoms with Crippen LogP contribution in [0.5, 0.6) is 11.5 Å². The number of aromatic nitrogens is 2. The first-order valence-corrected chi connectivity index (χ1v) is 24.4. The Morgan fingerprint density at radius 2 is 1.66 bits per heavy atom. The number of benzene rings is 3. The largest absolute Gasteiger partial charge is 0.494 e. The number of imide groups is 2. The molecular formula is C45H51ClN9O8P. The van der Waals surface area contributed by atoms with Crippen molar-refractivity contribution in [2.24, 2.45) is 0 Å². The third-order valence-electron chi connectivity index (χ3n) is 12.1. The molecule has 0 spiro atoms. The summed E-state index contributed by atoms with van der Waals surface area (Å²) < 4.78 is 24.6. The Balaban J connectivity index is 0.783. The average Bonchev–Trinajstić information content (AvgIpc) is 3.55. The number of halogens is 1. The van der Waals surface area contributed by atoms with Crippen LogP contribution in [0.4, 0.5) is 28.8 Å². The summed E-state index contributed by atoms with van der Waals surface area (Å²) in [5.41, 5.74) is 2.65. The number of hydrogen-bond donors (Lipinski definition) is 3. The minimum absolute atomic E-state index is 0.0381. The van der Waals surface area contributed by atoms with Gasteiger partial charge in [0.2, 0.25) is 23.7 Å². The fourth-order valence-electron chi connectivity index (χ4n) is 8.79. The number of piperidine rings is 2. The summed E-state index contributed by atoms with van der Waals surface area (Å²) >= 11 is 6.47. The van der Waals surface area contributed by atoms with Gasteiger partial charge in [-0.2, -0.15) is 4.98 Å². The summed E-state index contributed by atoms with van der Waals surface area (Å²) in [5, 5.41) is 9.71. The van der Waals surface area contributed by atoms with Crippen LogP contribution in [0.25, 0.3) is 0 Å². The molecule has 3 fully saturated rings. The second-order valence-corrected chi connectivity index (χ2v) is 20.2. The van der Waals surface area contributed by atoms with Gasteiger partial charge >= 0.3 is 0 Å². The molecule has 3 N–H and O–H groups in total. The van der Waals surface area contributed by atoms with Crippen molar-refractivity contribution in [2.75, 3.05) is 81.8 Å². The standard InChI is InChI=1S/C45H51ClN9O8P/c1-62-36-26-29(13-14-32(36)49-45-47-27-31(46)41(51-45)48-33-9-4-5-11-37(33)64(2,3)61)52-19-17-28(18-20-52)53-21-23-54(24-22-53)39(57)12-7-25-63-35-10-6-8-30-40(35)44(60)55(43(30)59)34-15-16-38(56)50-42(34)58/h4-6,8-11,13-14,26-28,34H,7,12,15-25H2,1-3H3,(H,50,56,58)(H2,47,48,49,51). The van der Waals surface area contributed by atoms with Crippen molar-refractivity contribution in [3.05, 3.63) is 83.0 Å². The zero-order valence-electron chi connectivity index (χ0n) is 36.0. The first kappa shape index (κ1) is 44.6. The van der Waals surface area contributed by atoms with E-state index in [0.29, 0.717) is 64.8 Å². The number of hydrogen-bond acceptors (Lipinski definition) is 14. The van der Waals surface area contributed by atoms with Gasteiger partial charge in [-0.05, 0) is 75.4 Å². The van der Waals surface area contributed by atoms with E-state index >= 15 is 0 Å². The third-order valence-corrected chi connectivity index (χ3v) is 14.0. The summed E-state index contributed by atoms with van der Waals surface area (Å²) in [7, 11) is -0.943. The quantitative estimate of drug-likeness (QED) is 0.0844. The number of para-hydroxylation sites is 1. The van der Waals surface area contributed by atoms with Crippen molar-refractivity contribution < 1.29 is 38.0 Å². The maximum absolute atomic E-state index is 13.4. The molecule has 19 heteroatoms. The zero-order valence-corrected chi connectivity index (χ0v) is 37.6. The highest BCUT2D eigenvalue weighted by Crippen LogP contribution is 2.39. The van der Waals surface area contributed by atoms with Gasteiger partial charge in [0.05, 0.1) is 42.4 Å². The van der Waals surface area contributed by atoms with Gasteiger partial charge in [0, 0.05) is 75.2 Å². The normalized spacial score (nSPS) is 18.5. The minimum Gasteiger partial charge on any atom is -0.494 e. The number of methoxy groups -OCH3 is 1. The van der Waals surface area contributed by atoms with E-state index in [9.17, 15) is 28.5 Å². The van der Waals surface area contributed by atoms with Crippen molar-refractivity contribution in [2.45, 2.75) is 50.6 Å². The molecule has 8 rings (SSSR count). The smallest absolute Gasteiger partial charge is 0.266 e. The second kappa shape index (κ2) is 19.0. The number of piperazine rings is 1. The van der Waals surface area contributed by atoms with Gasteiger partial charge in [-0.3, -0.25) is 39.1 Å². The molecule has 4 aliphatic heterocycles. The van der Waals surface area contributed by atoms with Gasteiger partial charge in [0.1, 0.15) is 29.7 Å². The van der Waals surface area contributed by atoms with Crippen molar-refractivity contribution >= 4 is 82.4 Å². The lowest BCUT2D eigenvalue weighted by Gasteiger charge is -2.43. The van der Waals surface area contributed by atoms with Crippen LogP contribution in [-0.2, 0) is 18.9 Å². The van der Waals surface area contributed by atoms with Crippen molar-refractivity contribution in [3.63, 3.8) is 0 Å². The number of rotatable bonds is 14. The molecule has 1 unspecified atom stereocenters. The summed E-state index contributed by atoms with van der Waals surface area (Å²) in [6.07, 6.45) is 4.30. The Bertz CT molecular complexity index is 2520. The number of fused-ring (bicyclic) bond motifs is 1. The molecule has 0 saturated carbocycles. The maximum Gasteiger partial charge on any atom is 0.266 e. The molecule has 1 atom stereocenters. The van der Waals surface area contributed by atoms with Crippen LogP contribution in [0.3, 0.4) is 0 Å². The van der Waals surface area contributed by atoms with Crippen LogP contribution >= 0.6 is 18.7 Å². The van der Waals surface area contributed by atoms with E-state index in [4.69, 9.17) is 21.1 Å². The highest BCUT2D eigenvalue weighted by molar-refractivity contribution is 7.70. The maximum atomic E-state index is 13.4. The molecule has 3 saturated heterocycles. The lowest BCUT2D eigenvalue weighted by molar-refractivity contribution is -0.136. The molecule has 0 bridgehead atoms. The monoisotopic (exact) mass is 911 g/mol. The highest BCUT2D eigenvalue weighted by Gasteiger charge is 2.46. The molecule has 3 aromatic carbocycles. The van der Waals surface area contributed by atoms with Gasteiger partial charge in [-0.1, -0.05) is 29.8 Å². The fourth-order valence-corrected chi connectivity index (χ4v) is 10.1. The summed E-state index contributed by atoms with van der Waals surface area (Å²) in [6, 6.07) is 17.5. The van der Waals surface area contributed by atoms with Crippen LogP contribution in [0.15, 0.2) is 66.9 Å². The molecule has 5 amide bonds. The van der Waals surface area contributed by atoms with Crippen LogP contribution in [0.2, 0.25) is 5.02 Å². The van der Waals surface area contributed by atoms with Crippen LogP contribution in [0, 0.1) is 0 Å². The highest BCUT2D eigenvalue weighted by atomic mass is 35.5. The van der Waals surface area contributed by atoms with Crippen LogP contribution in [-0.4, -0.2) is 133 Å². The molecule has 17 nitrogen and oxygen atoms in total. The lowest BCUT2D eigenvalue weighted by atomic mass is 10.0. The molecule has 64 heavy (non-hydrogen) atoms. The fraction of sp³-hybridized carbons (Fsp3) is 0.400. The van der Waals surface area contributed by atoms with Crippen molar-refractivity contribution in [3.8, 4) is 11.5 Å². The van der Waals surface area contributed by atoms with E-state index in [-0.39, 0.29) is 48.7 Å². The zero-order chi connectivity index (χ0) is 45.1. The molecule has 336 valence electrons. The summed E-state index contributed by atoms with van der Waals surface area (Å²) in [4.78, 5) is 80.4. The van der Waals surface area contributed by atoms with Crippen LogP contribution in [0.1, 0.15) is 59.2 Å². The van der Waals surface area contributed by atoms with Gasteiger partial charge in [0.15, 0.2) is 5.82 Å². The van der Waals surface area contributed by atoms with Gasteiger partial charge in [-0.15, -0.1) is 0 Å². The van der Waals surface area contributed by atoms with E-state index in [0.717, 1.165) is 49.6 Å². The molecule has 5 heterocycles. The number of ether oxygens (including phenoxy) is 2.